The highest BCUT2D eigenvalue weighted by Gasteiger charge is 2.33. The maximum Gasteiger partial charge on any atom is 0.310 e. The summed E-state index contributed by atoms with van der Waals surface area (Å²) < 4.78 is 4.94. The van der Waals surface area contributed by atoms with Crippen molar-refractivity contribution in [3.8, 4) is 0 Å². The molecular formula is C15H28N2O2. The van der Waals surface area contributed by atoms with E-state index in [1.54, 1.807) is 0 Å². The fraction of sp³-hybridized carbons (Fsp3) is 0.933. The van der Waals surface area contributed by atoms with Crippen molar-refractivity contribution in [2.24, 2.45) is 17.8 Å². The quantitative estimate of drug-likeness (QED) is 0.741. The molecule has 4 nitrogen and oxygen atoms in total. The van der Waals surface area contributed by atoms with E-state index in [4.69, 9.17) is 4.74 Å². The molecule has 0 amide bonds. The molecule has 4 heteroatoms. The van der Waals surface area contributed by atoms with Gasteiger partial charge in [0.25, 0.3) is 0 Å². The number of carbonyl (C=O) groups excluding carboxylic acids is 1. The lowest BCUT2D eigenvalue weighted by Gasteiger charge is -2.38. The number of esters is 1. The maximum absolute atomic E-state index is 11.8. The van der Waals surface area contributed by atoms with Crippen molar-refractivity contribution in [3.05, 3.63) is 0 Å². The summed E-state index contributed by atoms with van der Waals surface area (Å²) >= 11 is 0. The van der Waals surface area contributed by atoms with Gasteiger partial charge in [0.15, 0.2) is 0 Å². The fourth-order valence-electron chi connectivity index (χ4n) is 3.00. The second-order valence-corrected chi connectivity index (χ2v) is 6.62. The van der Waals surface area contributed by atoms with Crippen LogP contribution in [0.25, 0.3) is 0 Å². The summed E-state index contributed by atoms with van der Waals surface area (Å²) in [5.41, 5.74) is 0. The summed E-state index contributed by atoms with van der Waals surface area (Å²) in [6.45, 7) is 8.57. The van der Waals surface area contributed by atoms with Crippen molar-refractivity contribution < 1.29 is 9.53 Å². The van der Waals surface area contributed by atoms with E-state index in [0.29, 0.717) is 12.0 Å². The van der Waals surface area contributed by atoms with Gasteiger partial charge in [0.1, 0.15) is 0 Å². The Labute approximate surface area is 116 Å². The van der Waals surface area contributed by atoms with E-state index in [-0.39, 0.29) is 11.9 Å². The van der Waals surface area contributed by atoms with Crippen molar-refractivity contribution in [1.29, 1.82) is 0 Å². The zero-order chi connectivity index (χ0) is 13.8. The molecule has 0 aromatic heterocycles. The molecule has 2 unspecified atom stereocenters. The van der Waals surface area contributed by atoms with Crippen molar-refractivity contribution in [2.45, 2.75) is 39.2 Å². The monoisotopic (exact) mass is 268 g/mol. The van der Waals surface area contributed by atoms with Crippen LogP contribution in [-0.4, -0.2) is 50.2 Å². The Morgan fingerprint density at radius 3 is 2.68 bits per heavy atom. The number of piperidine rings is 1. The molecule has 0 bridgehead atoms. The van der Waals surface area contributed by atoms with Gasteiger partial charge in [-0.25, -0.2) is 0 Å². The summed E-state index contributed by atoms with van der Waals surface area (Å²) in [5, 5.41) is 3.65. The number of hydrogen-bond acceptors (Lipinski definition) is 4. The first-order chi connectivity index (χ1) is 9.08. The average molecular weight is 268 g/mol. The van der Waals surface area contributed by atoms with Crippen molar-refractivity contribution in [1.82, 2.24) is 10.2 Å². The third-order valence-corrected chi connectivity index (χ3v) is 4.08. The van der Waals surface area contributed by atoms with E-state index in [2.05, 4.69) is 24.1 Å². The lowest BCUT2D eigenvalue weighted by molar-refractivity contribution is -0.147. The molecule has 1 heterocycles. The van der Waals surface area contributed by atoms with Crippen LogP contribution in [-0.2, 0) is 9.53 Å². The fourth-order valence-corrected chi connectivity index (χ4v) is 3.00. The molecule has 2 fully saturated rings. The average Bonchev–Trinajstić information content (AvgIpc) is 3.18. The van der Waals surface area contributed by atoms with Crippen LogP contribution in [0, 0.1) is 17.8 Å². The summed E-state index contributed by atoms with van der Waals surface area (Å²) in [6.07, 6.45) is 3.67. The zero-order valence-corrected chi connectivity index (χ0v) is 12.5. The van der Waals surface area contributed by atoms with Crippen LogP contribution >= 0.6 is 0 Å². The minimum Gasteiger partial charge on any atom is -0.469 e. The Balaban J connectivity index is 1.87. The number of carbonyl (C=O) groups is 1. The predicted octanol–water partition coefficient (Wildman–Crippen LogP) is 1.51. The molecule has 2 aliphatic rings. The molecule has 2 rings (SSSR count). The van der Waals surface area contributed by atoms with Gasteiger partial charge >= 0.3 is 5.97 Å². The second kappa shape index (κ2) is 6.71. The Kier molecular flexibility index (Phi) is 5.22. The van der Waals surface area contributed by atoms with Gasteiger partial charge in [-0.2, -0.15) is 0 Å². The summed E-state index contributed by atoms with van der Waals surface area (Å²) in [6, 6.07) is 0.442. The van der Waals surface area contributed by atoms with Crippen molar-refractivity contribution >= 4 is 5.97 Å². The van der Waals surface area contributed by atoms with Crippen LogP contribution in [0.4, 0.5) is 0 Å². The first-order valence-electron chi connectivity index (χ1n) is 7.62. The topological polar surface area (TPSA) is 41.6 Å². The molecule has 1 aliphatic carbocycles. The molecule has 1 saturated heterocycles. The highest BCUT2D eigenvalue weighted by molar-refractivity contribution is 5.72. The van der Waals surface area contributed by atoms with Gasteiger partial charge in [-0.3, -0.25) is 4.79 Å². The largest absolute Gasteiger partial charge is 0.469 e. The standard InChI is InChI=1S/C15H28N2O2/c1-11(2)8-17-9-13(15(18)19-3)6-14(10-17)16-7-12-4-5-12/h11-14,16H,4-10H2,1-3H3. The zero-order valence-electron chi connectivity index (χ0n) is 12.5. The highest BCUT2D eigenvalue weighted by atomic mass is 16.5. The molecule has 0 aromatic rings. The smallest absolute Gasteiger partial charge is 0.310 e. The molecule has 0 aromatic carbocycles. The first kappa shape index (κ1) is 14.8. The minimum atomic E-state index is -0.0494. The highest BCUT2D eigenvalue weighted by Crippen LogP contribution is 2.28. The molecule has 110 valence electrons. The Morgan fingerprint density at radius 1 is 1.37 bits per heavy atom. The number of rotatable bonds is 6. The van der Waals surface area contributed by atoms with Crippen LogP contribution in [0.1, 0.15) is 33.1 Å². The van der Waals surface area contributed by atoms with Gasteiger partial charge in [0.05, 0.1) is 13.0 Å². The SMILES string of the molecule is COC(=O)C1CC(NCC2CC2)CN(CC(C)C)C1. The van der Waals surface area contributed by atoms with E-state index in [0.717, 1.165) is 38.5 Å². The number of nitrogens with zero attached hydrogens (tertiary/aromatic N) is 1. The van der Waals surface area contributed by atoms with Crippen LogP contribution in [0.5, 0.6) is 0 Å². The number of likely N-dealkylation sites (tertiary alicyclic amines) is 1. The molecule has 1 saturated carbocycles. The Hall–Kier alpha value is -0.610. The molecule has 19 heavy (non-hydrogen) atoms. The number of methoxy groups -OCH3 is 1. The maximum atomic E-state index is 11.8. The number of nitrogens with one attached hydrogen (secondary N) is 1. The summed E-state index contributed by atoms with van der Waals surface area (Å²) in [7, 11) is 1.50. The second-order valence-electron chi connectivity index (χ2n) is 6.62. The van der Waals surface area contributed by atoms with E-state index < -0.39 is 0 Å². The predicted molar refractivity (Wildman–Crippen MR) is 75.9 cm³/mol. The number of ether oxygens (including phenoxy) is 1. The van der Waals surface area contributed by atoms with Crippen LogP contribution in [0.3, 0.4) is 0 Å². The van der Waals surface area contributed by atoms with Gasteiger partial charge < -0.3 is 15.0 Å². The normalized spacial score (nSPS) is 28.6. The molecule has 1 aliphatic heterocycles. The van der Waals surface area contributed by atoms with Crippen molar-refractivity contribution in [2.75, 3.05) is 33.3 Å². The lowest BCUT2D eigenvalue weighted by atomic mass is 9.93. The number of hydrogen-bond donors (Lipinski definition) is 1. The third-order valence-electron chi connectivity index (χ3n) is 4.08. The van der Waals surface area contributed by atoms with Gasteiger partial charge in [-0.05, 0) is 37.6 Å². The van der Waals surface area contributed by atoms with Gasteiger partial charge in [0.2, 0.25) is 0 Å². The Bertz CT molecular complexity index is 303. The van der Waals surface area contributed by atoms with Gasteiger partial charge in [-0.15, -0.1) is 0 Å². The molecule has 0 radical (unpaired) electrons. The van der Waals surface area contributed by atoms with Gasteiger partial charge in [0, 0.05) is 25.7 Å². The van der Waals surface area contributed by atoms with Gasteiger partial charge in [-0.1, -0.05) is 13.8 Å². The molecule has 1 N–H and O–H groups in total. The molecule has 2 atom stereocenters. The van der Waals surface area contributed by atoms with E-state index in [9.17, 15) is 4.79 Å². The first-order valence-corrected chi connectivity index (χ1v) is 7.62. The van der Waals surface area contributed by atoms with E-state index >= 15 is 0 Å². The summed E-state index contributed by atoms with van der Waals surface area (Å²) in [4.78, 5) is 14.2. The molecular weight excluding hydrogens is 240 g/mol. The summed E-state index contributed by atoms with van der Waals surface area (Å²) in [5.74, 6) is 1.51. The Morgan fingerprint density at radius 2 is 2.11 bits per heavy atom. The van der Waals surface area contributed by atoms with Crippen LogP contribution in [0.15, 0.2) is 0 Å². The minimum absolute atomic E-state index is 0.0363. The van der Waals surface area contributed by atoms with E-state index in [1.807, 2.05) is 0 Å². The lowest BCUT2D eigenvalue weighted by Crippen LogP contribution is -2.52. The van der Waals surface area contributed by atoms with Crippen LogP contribution in [0.2, 0.25) is 0 Å². The molecule has 0 spiro atoms. The third kappa shape index (κ3) is 4.77. The van der Waals surface area contributed by atoms with E-state index in [1.165, 1.54) is 20.0 Å². The van der Waals surface area contributed by atoms with Crippen LogP contribution < -0.4 is 5.32 Å². The van der Waals surface area contributed by atoms with Crippen molar-refractivity contribution in [3.63, 3.8) is 0 Å².